The van der Waals surface area contributed by atoms with Gasteiger partial charge < -0.3 is 19.3 Å². The van der Waals surface area contributed by atoms with Crippen molar-refractivity contribution in [1.29, 1.82) is 0 Å². The van der Waals surface area contributed by atoms with Crippen LogP contribution in [0.1, 0.15) is 15.9 Å². The number of ether oxygens (including phenoxy) is 1. The SMILES string of the molecule is O=C(/C=C/c1cn(C[C@@H](O)C[NH+]2CCOCC2)c2ccccc12)c1ccc(Br)cc1. The number of nitrogens with one attached hydrogen (secondary N) is 1. The number of nitrogens with zero attached hydrogens (tertiary/aromatic N) is 1. The number of rotatable bonds is 7. The van der Waals surface area contributed by atoms with Crippen molar-refractivity contribution in [3.63, 3.8) is 0 Å². The lowest BCUT2D eigenvalue weighted by molar-refractivity contribution is -0.911. The number of para-hydroxylation sites is 1. The zero-order valence-corrected chi connectivity index (χ0v) is 18.3. The molecule has 0 amide bonds. The molecule has 156 valence electrons. The largest absolute Gasteiger partial charge is 0.385 e. The van der Waals surface area contributed by atoms with Gasteiger partial charge in [0, 0.05) is 32.7 Å². The van der Waals surface area contributed by atoms with Gasteiger partial charge in [0.1, 0.15) is 25.7 Å². The van der Waals surface area contributed by atoms with E-state index in [0.29, 0.717) is 18.7 Å². The predicted molar refractivity (Wildman–Crippen MR) is 122 cm³/mol. The molecule has 0 aliphatic carbocycles. The maximum Gasteiger partial charge on any atom is 0.185 e. The highest BCUT2D eigenvalue weighted by Gasteiger charge is 2.19. The number of carbonyl (C=O) groups excluding carboxylic acids is 1. The number of morpholine rings is 1. The standard InChI is InChI=1S/C24H25BrN2O3/c25-20-8-5-18(6-9-20)24(29)10-7-19-15-27(23-4-2-1-3-22(19)23)17-21(28)16-26-11-13-30-14-12-26/h1-10,15,21,28H,11-14,16-17H2/p+1/b10-7+/t21-/m0/s1. The summed E-state index contributed by atoms with van der Waals surface area (Å²) in [4.78, 5) is 13.9. The molecule has 0 spiro atoms. The zero-order chi connectivity index (χ0) is 20.9. The Morgan fingerprint density at radius 1 is 1.17 bits per heavy atom. The first-order valence-electron chi connectivity index (χ1n) is 10.3. The van der Waals surface area contributed by atoms with E-state index in [2.05, 4.69) is 32.6 Å². The van der Waals surface area contributed by atoms with Crippen LogP contribution < -0.4 is 4.90 Å². The van der Waals surface area contributed by atoms with E-state index in [1.54, 1.807) is 6.08 Å². The number of allylic oxidation sites excluding steroid dienone is 1. The molecule has 2 aromatic carbocycles. The van der Waals surface area contributed by atoms with E-state index in [1.165, 1.54) is 4.90 Å². The van der Waals surface area contributed by atoms with Gasteiger partial charge in [0.2, 0.25) is 0 Å². The number of aromatic nitrogens is 1. The predicted octanol–water partition coefficient (Wildman–Crippen LogP) is 2.58. The lowest BCUT2D eigenvalue weighted by atomic mass is 10.1. The van der Waals surface area contributed by atoms with E-state index in [-0.39, 0.29) is 5.78 Å². The number of hydrogen-bond donors (Lipinski definition) is 2. The van der Waals surface area contributed by atoms with Crippen LogP contribution in [0.5, 0.6) is 0 Å². The Balaban J connectivity index is 1.51. The van der Waals surface area contributed by atoms with E-state index in [4.69, 9.17) is 4.74 Å². The summed E-state index contributed by atoms with van der Waals surface area (Å²) in [6.45, 7) is 4.64. The molecule has 1 aromatic heterocycles. The topological polar surface area (TPSA) is 55.9 Å². The Morgan fingerprint density at radius 3 is 2.67 bits per heavy atom. The van der Waals surface area contributed by atoms with Gasteiger partial charge in [-0.1, -0.05) is 34.1 Å². The van der Waals surface area contributed by atoms with Gasteiger partial charge in [-0.05, 0) is 42.5 Å². The fraction of sp³-hybridized carbons (Fsp3) is 0.292. The van der Waals surface area contributed by atoms with Crippen molar-refractivity contribution >= 4 is 38.7 Å². The van der Waals surface area contributed by atoms with Crippen LogP contribution in [0.3, 0.4) is 0 Å². The van der Waals surface area contributed by atoms with Gasteiger partial charge in [-0.2, -0.15) is 0 Å². The second kappa shape index (κ2) is 9.71. The van der Waals surface area contributed by atoms with Gasteiger partial charge in [0.05, 0.1) is 19.8 Å². The number of aliphatic hydroxyl groups excluding tert-OH is 1. The maximum atomic E-state index is 12.5. The molecular formula is C24H26BrN2O3+. The Bertz CT molecular complexity index is 1040. The van der Waals surface area contributed by atoms with E-state index < -0.39 is 6.10 Å². The molecule has 3 aromatic rings. The second-order valence-electron chi connectivity index (χ2n) is 7.68. The normalized spacial score (nSPS) is 16.3. The van der Waals surface area contributed by atoms with E-state index in [1.807, 2.05) is 48.7 Å². The van der Waals surface area contributed by atoms with E-state index in [9.17, 15) is 9.90 Å². The molecule has 5 nitrogen and oxygen atoms in total. The van der Waals surface area contributed by atoms with E-state index >= 15 is 0 Å². The smallest absolute Gasteiger partial charge is 0.185 e. The molecule has 1 aliphatic heterocycles. The summed E-state index contributed by atoms with van der Waals surface area (Å²) < 4.78 is 8.43. The van der Waals surface area contributed by atoms with Crippen LogP contribution in [-0.4, -0.2) is 54.4 Å². The molecule has 1 saturated heterocycles. The molecular weight excluding hydrogens is 444 g/mol. The fourth-order valence-electron chi connectivity index (χ4n) is 3.92. The van der Waals surface area contributed by atoms with Crippen molar-refractivity contribution in [2.75, 3.05) is 32.8 Å². The van der Waals surface area contributed by atoms with E-state index in [0.717, 1.165) is 47.2 Å². The minimum Gasteiger partial charge on any atom is -0.385 e. The number of aliphatic hydroxyl groups is 1. The van der Waals surface area contributed by atoms with Gasteiger partial charge in [-0.3, -0.25) is 4.79 Å². The minimum atomic E-state index is -0.435. The lowest BCUT2D eigenvalue weighted by Gasteiger charge is -2.26. The lowest BCUT2D eigenvalue weighted by Crippen LogP contribution is -3.15. The third-order valence-corrected chi connectivity index (χ3v) is 6.02. The molecule has 0 saturated carbocycles. The van der Waals surface area contributed by atoms with Crippen molar-refractivity contribution in [2.45, 2.75) is 12.6 Å². The minimum absolute atomic E-state index is 0.0321. The Kier molecular flexibility index (Phi) is 6.79. The molecule has 6 heteroatoms. The highest BCUT2D eigenvalue weighted by molar-refractivity contribution is 9.10. The number of quaternary nitrogens is 1. The van der Waals surface area contributed by atoms with Gasteiger partial charge in [-0.15, -0.1) is 0 Å². The molecule has 1 fully saturated rings. The molecule has 2 N–H and O–H groups in total. The summed E-state index contributed by atoms with van der Waals surface area (Å²) in [7, 11) is 0. The summed E-state index contributed by atoms with van der Waals surface area (Å²) in [5.41, 5.74) is 2.69. The van der Waals surface area contributed by atoms with Crippen LogP contribution >= 0.6 is 15.9 Å². The van der Waals surface area contributed by atoms with Crippen LogP contribution in [-0.2, 0) is 11.3 Å². The van der Waals surface area contributed by atoms with Crippen LogP contribution in [0.25, 0.3) is 17.0 Å². The van der Waals surface area contributed by atoms with Crippen LogP contribution in [0, 0.1) is 0 Å². The summed E-state index contributed by atoms with van der Waals surface area (Å²) in [6.07, 6.45) is 5.07. The number of ketones is 1. The Labute approximate surface area is 184 Å². The molecule has 30 heavy (non-hydrogen) atoms. The Hall–Kier alpha value is -2.25. The number of hydrogen-bond acceptors (Lipinski definition) is 3. The van der Waals surface area contributed by atoms with Gasteiger partial charge in [0.15, 0.2) is 5.78 Å². The van der Waals surface area contributed by atoms with Crippen molar-refractivity contribution < 1.29 is 19.5 Å². The van der Waals surface area contributed by atoms with Crippen molar-refractivity contribution in [1.82, 2.24) is 4.57 Å². The second-order valence-corrected chi connectivity index (χ2v) is 8.59. The zero-order valence-electron chi connectivity index (χ0n) is 16.8. The van der Waals surface area contributed by atoms with Gasteiger partial charge >= 0.3 is 0 Å². The highest BCUT2D eigenvalue weighted by Crippen LogP contribution is 2.23. The summed E-state index contributed by atoms with van der Waals surface area (Å²) in [6, 6.07) is 15.4. The first-order valence-corrected chi connectivity index (χ1v) is 11.0. The molecule has 2 heterocycles. The van der Waals surface area contributed by atoms with Crippen molar-refractivity contribution in [3.8, 4) is 0 Å². The molecule has 0 radical (unpaired) electrons. The first kappa shape index (κ1) is 21.0. The molecule has 1 aliphatic rings. The maximum absolute atomic E-state index is 12.5. The van der Waals surface area contributed by atoms with Crippen LogP contribution in [0.4, 0.5) is 0 Å². The first-order chi connectivity index (χ1) is 14.6. The molecule has 1 atom stereocenters. The summed E-state index contributed by atoms with van der Waals surface area (Å²) in [5.74, 6) is -0.0321. The molecule has 0 bridgehead atoms. The van der Waals surface area contributed by atoms with Crippen LogP contribution in [0.2, 0.25) is 0 Å². The third kappa shape index (κ3) is 5.08. The molecule has 0 unspecified atom stereocenters. The van der Waals surface area contributed by atoms with Gasteiger partial charge in [-0.25, -0.2) is 0 Å². The third-order valence-electron chi connectivity index (χ3n) is 5.49. The highest BCUT2D eigenvalue weighted by atomic mass is 79.9. The van der Waals surface area contributed by atoms with Crippen molar-refractivity contribution in [3.05, 3.63) is 76.4 Å². The quantitative estimate of drug-likeness (QED) is 0.413. The fourth-order valence-corrected chi connectivity index (χ4v) is 4.19. The van der Waals surface area contributed by atoms with Crippen LogP contribution in [0.15, 0.2) is 65.3 Å². The summed E-state index contributed by atoms with van der Waals surface area (Å²) in [5, 5.41) is 11.7. The van der Waals surface area contributed by atoms with Crippen molar-refractivity contribution in [2.24, 2.45) is 0 Å². The Morgan fingerprint density at radius 2 is 1.90 bits per heavy atom. The average Bonchev–Trinajstić information content (AvgIpc) is 3.10. The average molecular weight is 470 g/mol. The molecule has 4 rings (SSSR count). The number of halogens is 1. The number of fused-ring (bicyclic) bond motifs is 1. The van der Waals surface area contributed by atoms with Gasteiger partial charge in [0.25, 0.3) is 0 Å². The number of carbonyl (C=O) groups is 1. The monoisotopic (exact) mass is 469 g/mol. The number of benzene rings is 2. The summed E-state index contributed by atoms with van der Waals surface area (Å²) >= 11 is 3.39.